The zero-order valence-electron chi connectivity index (χ0n) is 12.1. The first-order valence-electron chi connectivity index (χ1n) is 6.99. The lowest BCUT2D eigenvalue weighted by molar-refractivity contribution is 0.0929. The number of carbonyl (C=O) groups excluding carboxylic acids is 1. The van der Waals surface area contributed by atoms with Gasteiger partial charge in [-0.3, -0.25) is 4.79 Å². The average Bonchev–Trinajstić information content (AvgIpc) is 2.87. The Morgan fingerprint density at radius 2 is 1.90 bits per heavy atom. The number of nitrogens with one attached hydrogen (secondary N) is 1. The van der Waals surface area contributed by atoms with E-state index in [0.717, 1.165) is 18.4 Å². The molecule has 0 aliphatic rings. The van der Waals surface area contributed by atoms with Crippen molar-refractivity contribution in [2.75, 3.05) is 0 Å². The fraction of sp³-hybridized carbons (Fsp3) is 0.375. The van der Waals surface area contributed by atoms with Crippen molar-refractivity contribution in [3.05, 3.63) is 41.8 Å². The summed E-state index contributed by atoms with van der Waals surface area (Å²) >= 11 is 0. The molecular formula is C16H20N2O2. The van der Waals surface area contributed by atoms with Crippen LogP contribution in [0.1, 0.15) is 42.9 Å². The highest BCUT2D eigenvalue weighted by molar-refractivity contribution is 5.93. The maximum atomic E-state index is 12.2. The van der Waals surface area contributed by atoms with Crippen molar-refractivity contribution in [3.63, 3.8) is 0 Å². The molecule has 1 aromatic carbocycles. The molecule has 0 aliphatic carbocycles. The quantitative estimate of drug-likeness (QED) is 0.905. The molecule has 1 N–H and O–H groups in total. The largest absolute Gasteiger partial charge is 0.441 e. The molecule has 0 bridgehead atoms. The number of aromatic nitrogens is 1. The Labute approximate surface area is 119 Å². The minimum atomic E-state index is -0.165. The van der Waals surface area contributed by atoms with Gasteiger partial charge in [0.25, 0.3) is 5.91 Å². The predicted octanol–water partition coefficient (Wildman–Crippen LogP) is 3.57. The third kappa shape index (κ3) is 3.07. The molecular weight excluding hydrogens is 252 g/mol. The number of oxazole rings is 1. The fourth-order valence-electron chi connectivity index (χ4n) is 2.06. The third-order valence-corrected chi connectivity index (χ3v) is 3.35. The first-order valence-corrected chi connectivity index (χ1v) is 6.99. The number of rotatable bonds is 5. The summed E-state index contributed by atoms with van der Waals surface area (Å²) in [5.41, 5.74) is 1.24. The Kier molecular flexibility index (Phi) is 4.56. The van der Waals surface area contributed by atoms with Crippen molar-refractivity contribution in [1.29, 1.82) is 0 Å². The Hall–Kier alpha value is -2.10. The summed E-state index contributed by atoms with van der Waals surface area (Å²) in [6.45, 7) is 5.88. The molecule has 106 valence electrons. The van der Waals surface area contributed by atoms with Crippen LogP contribution in [0.3, 0.4) is 0 Å². The molecule has 1 aromatic heterocycles. The molecule has 0 aliphatic heterocycles. The predicted molar refractivity (Wildman–Crippen MR) is 78.5 cm³/mol. The van der Waals surface area contributed by atoms with Gasteiger partial charge < -0.3 is 9.73 Å². The summed E-state index contributed by atoms with van der Waals surface area (Å²) in [6.07, 6.45) is 1.81. The zero-order chi connectivity index (χ0) is 14.5. The van der Waals surface area contributed by atoms with Gasteiger partial charge in [-0.2, -0.15) is 0 Å². The third-order valence-electron chi connectivity index (χ3n) is 3.35. The maximum Gasteiger partial charge on any atom is 0.273 e. The number of amides is 1. The number of nitrogens with zero attached hydrogens (tertiary/aromatic N) is 1. The van der Waals surface area contributed by atoms with Crippen LogP contribution in [0.25, 0.3) is 11.5 Å². The summed E-state index contributed by atoms with van der Waals surface area (Å²) in [7, 11) is 0. The minimum Gasteiger partial charge on any atom is -0.441 e. The zero-order valence-corrected chi connectivity index (χ0v) is 12.1. The van der Waals surface area contributed by atoms with Crippen molar-refractivity contribution in [2.45, 2.75) is 39.7 Å². The molecule has 4 nitrogen and oxygen atoms in total. The Balaban J connectivity index is 2.22. The lowest BCUT2D eigenvalue weighted by atomic mass is 10.1. The number of carbonyl (C=O) groups is 1. The normalized spacial score (nSPS) is 10.8. The standard InChI is InChI=1S/C16H20N2O2/c1-4-13(5-2)17-15(19)14-11(3)20-16(18-14)12-9-7-6-8-10-12/h6-10,13H,4-5H2,1-3H3,(H,17,19). The monoisotopic (exact) mass is 272 g/mol. The van der Waals surface area contributed by atoms with E-state index in [2.05, 4.69) is 24.1 Å². The second-order valence-electron chi connectivity index (χ2n) is 4.78. The van der Waals surface area contributed by atoms with E-state index >= 15 is 0 Å². The lowest BCUT2D eigenvalue weighted by Crippen LogP contribution is -2.34. The highest BCUT2D eigenvalue weighted by atomic mass is 16.4. The van der Waals surface area contributed by atoms with Gasteiger partial charge in [0.05, 0.1) is 0 Å². The van der Waals surface area contributed by atoms with Crippen molar-refractivity contribution >= 4 is 5.91 Å². The van der Waals surface area contributed by atoms with E-state index in [4.69, 9.17) is 4.42 Å². The Bertz CT molecular complexity index is 571. The number of hydrogen-bond acceptors (Lipinski definition) is 3. The maximum absolute atomic E-state index is 12.2. The van der Waals surface area contributed by atoms with Crippen LogP contribution in [-0.2, 0) is 0 Å². The van der Waals surface area contributed by atoms with E-state index in [9.17, 15) is 4.79 Å². The summed E-state index contributed by atoms with van der Waals surface area (Å²) in [5, 5.41) is 2.98. The molecule has 0 saturated carbocycles. The van der Waals surface area contributed by atoms with Gasteiger partial charge in [0.15, 0.2) is 5.69 Å². The van der Waals surface area contributed by atoms with E-state index in [1.165, 1.54) is 0 Å². The minimum absolute atomic E-state index is 0.165. The van der Waals surface area contributed by atoms with Crippen LogP contribution in [0, 0.1) is 6.92 Å². The number of hydrogen-bond donors (Lipinski definition) is 1. The van der Waals surface area contributed by atoms with Gasteiger partial charge in [-0.15, -0.1) is 0 Å². The fourth-order valence-corrected chi connectivity index (χ4v) is 2.06. The van der Waals surface area contributed by atoms with Crippen molar-refractivity contribution < 1.29 is 9.21 Å². The molecule has 0 atom stereocenters. The molecule has 0 saturated heterocycles. The van der Waals surface area contributed by atoms with E-state index in [1.807, 2.05) is 30.3 Å². The van der Waals surface area contributed by atoms with E-state index in [0.29, 0.717) is 17.3 Å². The molecule has 20 heavy (non-hydrogen) atoms. The molecule has 4 heteroatoms. The van der Waals surface area contributed by atoms with Crippen LogP contribution in [0.4, 0.5) is 0 Å². The molecule has 1 amide bonds. The SMILES string of the molecule is CCC(CC)NC(=O)c1nc(-c2ccccc2)oc1C. The van der Waals surface area contributed by atoms with Gasteiger partial charge in [0.1, 0.15) is 5.76 Å². The topological polar surface area (TPSA) is 55.1 Å². The van der Waals surface area contributed by atoms with Crippen LogP contribution in [0.2, 0.25) is 0 Å². The number of benzene rings is 1. The van der Waals surface area contributed by atoms with Crippen LogP contribution < -0.4 is 5.32 Å². The average molecular weight is 272 g/mol. The second-order valence-corrected chi connectivity index (χ2v) is 4.78. The van der Waals surface area contributed by atoms with Crippen molar-refractivity contribution in [3.8, 4) is 11.5 Å². The lowest BCUT2D eigenvalue weighted by Gasteiger charge is -2.13. The molecule has 2 aromatic rings. The summed E-state index contributed by atoms with van der Waals surface area (Å²) in [5.74, 6) is 0.868. The van der Waals surface area contributed by atoms with Crippen LogP contribution in [-0.4, -0.2) is 16.9 Å². The van der Waals surface area contributed by atoms with E-state index < -0.39 is 0 Å². The second kappa shape index (κ2) is 6.37. The first-order chi connectivity index (χ1) is 9.65. The van der Waals surface area contributed by atoms with Crippen molar-refractivity contribution in [1.82, 2.24) is 10.3 Å². The van der Waals surface area contributed by atoms with Crippen LogP contribution >= 0.6 is 0 Å². The van der Waals surface area contributed by atoms with Gasteiger partial charge in [0.2, 0.25) is 5.89 Å². The molecule has 0 unspecified atom stereocenters. The molecule has 2 rings (SSSR count). The highest BCUT2D eigenvalue weighted by Crippen LogP contribution is 2.21. The Morgan fingerprint density at radius 3 is 2.50 bits per heavy atom. The first kappa shape index (κ1) is 14.3. The van der Waals surface area contributed by atoms with Gasteiger partial charge in [0, 0.05) is 11.6 Å². The molecule has 0 spiro atoms. The smallest absolute Gasteiger partial charge is 0.273 e. The van der Waals surface area contributed by atoms with E-state index in [-0.39, 0.29) is 11.9 Å². The highest BCUT2D eigenvalue weighted by Gasteiger charge is 2.19. The summed E-state index contributed by atoms with van der Waals surface area (Å²) < 4.78 is 5.60. The van der Waals surface area contributed by atoms with Gasteiger partial charge in [-0.05, 0) is 31.9 Å². The summed E-state index contributed by atoms with van der Waals surface area (Å²) in [6, 6.07) is 9.76. The molecule has 0 radical (unpaired) electrons. The van der Waals surface area contributed by atoms with Gasteiger partial charge in [-0.25, -0.2) is 4.98 Å². The molecule has 1 heterocycles. The van der Waals surface area contributed by atoms with Crippen LogP contribution in [0.15, 0.2) is 34.7 Å². The Morgan fingerprint density at radius 1 is 1.25 bits per heavy atom. The van der Waals surface area contributed by atoms with Crippen LogP contribution in [0.5, 0.6) is 0 Å². The van der Waals surface area contributed by atoms with Gasteiger partial charge >= 0.3 is 0 Å². The summed E-state index contributed by atoms with van der Waals surface area (Å²) in [4.78, 5) is 16.5. The molecule has 0 fully saturated rings. The van der Waals surface area contributed by atoms with Crippen molar-refractivity contribution in [2.24, 2.45) is 0 Å². The van der Waals surface area contributed by atoms with E-state index in [1.54, 1.807) is 6.92 Å². The number of aryl methyl sites for hydroxylation is 1. The van der Waals surface area contributed by atoms with Gasteiger partial charge in [-0.1, -0.05) is 32.0 Å².